The molecule has 0 saturated heterocycles. The summed E-state index contributed by atoms with van der Waals surface area (Å²) in [5, 5.41) is 8.49. The molecule has 0 amide bonds. The summed E-state index contributed by atoms with van der Waals surface area (Å²) in [7, 11) is 4.11. The Morgan fingerprint density at radius 1 is 0.640 bits per heavy atom. The van der Waals surface area contributed by atoms with E-state index < -0.39 is 5.97 Å². The summed E-state index contributed by atoms with van der Waals surface area (Å²) in [6, 6.07) is 29.8. The van der Waals surface area contributed by atoms with Crippen LogP contribution in [-0.2, 0) is 4.79 Å². The molecule has 3 aromatic carbocycles. The molecule has 0 aromatic heterocycles. The number of aliphatic carboxylic acids is 1. The molecule has 0 fully saturated rings. The molecule has 0 spiro atoms. The lowest BCUT2D eigenvalue weighted by molar-refractivity contribution is -0.137. The van der Waals surface area contributed by atoms with E-state index in [4.69, 9.17) is 9.84 Å². The highest BCUT2D eigenvalue weighted by Gasteiger charge is 2.13. The average Bonchev–Trinajstić information content (AvgIpc) is 3.13. The number of allylic oxidation sites excluding steroid dienone is 9. The maximum Gasteiger partial charge on any atom is 0.303 e. The van der Waals surface area contributed by atoms with E-state index in [1.807, 2.05) is 0 Å². The van der Waals surface area contributed by atoms with Gasteiger partial charge in [0.05, 0.1) is 0 Å². The SMILES string of the molecule is CC/C(=C(\c1ccccc1)c1ccc(OCCN(C)C)cc1)c1ccccc1.CCCCC/C=C\C/C=C\C/C=C\C/C=C\CCCC(=O)O. The first kappa shape index (κ1) is 41.8. The maximum atomic E-state index is 10.3. The van der Waals surface area contributed by atoms with Crippen molar-refractivity contribution in [1.82, 2.24) is 4.90 Å². The molecule has 4 heteroatoms. The first-order chi connectivity index (χ1) is 24.5. The lowest BCUT2D eigenvalue weighted by Crippen LogP contribution is -2.19. The van der Waals surface area contributed by atoms with Gasteiger partial charge in [0, 0.05) is 13.0 Å². The van der Waals surface area contributed by atoms with Crippen LogP contribution in [0.5, 0.6) is 5.75 Å². The summed E-state index contributed by atoms with van der Waals surface area (Å²) in [5.41, 5.74) is 6.37. The Labute approximate surface area is 303 Å². The molecule has 0 aliphatic rings. The number of carboxylic acid groups (broad SMARTS) is 1. The first-order valence-electron chi connectivity index (χ1n) is 18.5. The van der Waals surface area contributed by atoms with E-state index >= 15 is 0 Å². The zero-order valence-electron chi connectivity index (χ0n) is 31.1. The van der Waals surface area contributed by atoms with Crippen LogP contribution in [0.15, 0.2) is 134 Å². The van der Waals surface area contributed by atoms with Crippen LogP contribution in [0.3, 0.4) is 0 Å². The fraction of sp³-hybridized carbons (Fsp3) is 0.370. The second kappa shape index (κ2) is 27.4. The van der Waals surface area contributed by atoms with Gasteiger partial charge in [0.25, 0.3) is 0 Å². The van der Waals surface area contributed by atoms with Gasteiger partial charge in [-0.2, -0.15) is 0 Å². The van der Waals surface area contributed by atoms with Crippen LogP contribution in [0.25, 0.3) is 11.1 Å². The molecule has 3 aromatic rings. The summed E-state index contributed by atoms with van der Waals surface area (Å²) in [6.07, 6.45) is 28.3. The van der Waals surface area contributed by atoms with E-state index in [0.717, 1.165) is 50.8 Å². The van der Waals surface area contributed by atoms with Crippen molar-refractivity contribution in [2.45, 2.75) is 84.5 Å². The minimum atomic E-state index is -0.712. The zero-order valence-corrected chi connectivity index (χ0v) is 31.1. The quantitative estimate of drug-likeness (QED) is 0.0654. The summed E-state index contributed by atoms with van der Waals surface area (Å²) in [4.78, 5) is 12.4. The number of unbranched alkanes of at least 4 members (excludes halogenated alkanes) is 4. The Kier molecular flexibility index (Phi) is 22.9. The van der Waals surface area contributed by atoms with E-state index in [1.165, 1.54) is 53.5 Å². The highest BCUT2D eigenvalue weighted by atomic mass is 16.5. The smallest absolute Gasteiger partial charge is 0.303 e. The molecule has 4 nitrogen and oxygen atoms in total. The highest BCUT2D eigenvalue weighted by molar-refractivity contribution is 5.98. The lowest BCUT2D eigenvalue weighted by atomic mass is 9.88. The molecule has 0 saturated carbocycles. The molecule has 0 aliphatic carbocycles. The normalized spacial score (nSPS) is 12.2. The van der Waals surface area contributed by atoms with Gasteiger partial charge in [-0.05, 0) is 105 Å². The molecule has 0 unspecified atom stereocenters. The van der Waals surface area contributed by atoms with Gasteiger partial charge in [0.15, 0.2) is 0 Å². The fourth-order valence-electron chi connectivity index (χ4n) is 5.28. The third-order valence-corrected chi connectivity index (χ3v) is 8.01. The van der Waals surface area contributed by atoms with Crippen molar-refractivity contribution in [1.29, 1.82) is 0 Å². The standard InChI is InChI=1S/C26H29NO.C20H32O2/c1-4-25(21-11-7-5-8-12-21)26(22-13-9-6-10-14-22)23-15-17-24(18-16-23)28-20-19-27(2)3;1-2-3-4-5-6-7-8-9-10-11-12-13-14-15-16-17-18-19-20(21)22/h5-18H,4,19-20H2,1-3H3;6-7,9-10,12-13,15-16H,2-5,8,11,14,17-19H2,1H3,(H,21,22)/b26-25-;7-6-,10-9-,13-12-,16-15-. The van der Waals surface area contributed by atoms with Crippen LogP contribution in [0, 0.1) is 0 Å². The van der Waals surface area contributed by atoms with Gasteiger partial charge in [-0.15, -0.1) is 0 Å². The number of hydrogen-bond donors (Lipinski definition) is 1. The summed E-state index contributed by atoms with van der Waals surface area (Å²) >= 11 is 0. The Morgan fingerprint density at radius 3 is 1.64 bits per heavy atom. The van der Waals surface area contributed by atoms with Crippen molar-refractivity contribution in [3.63, 3.8) is 0 Å². The Hall–Kier alpha value is -4.41. The second-order valence-electron chi connectivity index (χ2n) is 12.5. The third-order valence-electron chi connectivity index (χ3n) is 8.01. The molecule has 1 N–H and O–H groups in total. The van der Waals surface area contributed by atoms with Gasteiger partial charge in [0.1, 0.15) is 12.4 Å². The molecular weight excluding hydrogens is 615 g/mol. The third kappa shape index (κ3) is 19.0. The van der Waals surface area contributed by atoms with E-state index in [2.05, 4.69) is 166 Å². The average molecular weight is 676 g/mol. The highest BCUT2D eigenvalue weighted by Crippen LogP contribution is 2.34. The lowest BCUT2D eigenvalue weighted by Gasteiger charge is -2.17. The number of likely N-dealkylation sites (N-methyl/N-ethyl adjacent to an activating group) is 1. The fourth-order valence-corrected chi connectivity index (χ4v) is 5.28. The number of ether oxygens (including phenoxy) is 1. The number of carboxylic acids is 1. The summed E-state index contributed by atoms with van der Waals surface area (Å²) in [6.45, 7) is 6.06. The molecule has 3 rings (SSSR count). The Bertz CT molecular complexity index is 1450. The van der Waals surface area contributed by atoms with Crippen molar-refractivity contribution >= 4 is 17.1 Å². The maximum absolute atomic E-state index is 10.3. The number of carbonyl (C=O) groups is 1. The molecule has 0 atom stereocenters. The molecular formula is C46H61NO3. The van der Waals surface area contributed by atoms with Gasteiger partial charge < -0.3 is 14.7 Å². The molecule has 0 radical (unpaired) electrons. The molecule has 0 heterocycles. The van der Waals surface area contributed by atoms with Crippen LogP contribution in [0.1, 0.15) is 101 Å². The Morgan fingerprint density at radius 2 is 1.14 bits per heavy atom. The van der Waals surface area contributed by atoms with Gasteiger partial charge in [-0.25, -0.2) is 0 Å². The number of benzene rings is 3. The summed E-state index contributed by atoms with van der Waals surface area (Å²) in [5.74, 6) is 0.201. The van der Waals surface area contributed by atoms with Crippen molar-refractivity contribution in [2.24, 2.45) is 0 Å². The van der Waals surface area contributed by atoms with Gasteiger partial charge >= 0.3 is 5.97 Å². The van der Waals surface area contributed by atoms with Crippen LogP contribution in [0.2, 0.25) is 0 Å². The van der Waals surface area contributed by atoms with Crippen molar-refractivity contribution in [3.05, 3.63) is 150 Å². The van der Waals surface area contributed by atoms with Gasteiger partial charge in [-0.1, -0.05) is 148 Å². The van der Waals surface area contributed by atoms with E-state index in [9.17, 15) is 4.79 Å². The summed E-state index contributed by atoms with van der Waals surface area (Å²) < 4.78 is 5.87. The minimum absolute atomic E-state index is 0.262. The second-order valence-corrected chi connectivity index (χ2v) is 12.5. The Balaban J connectivity index is 0.000000359. The molecule has 268 valence electrons. The topological polar surface area (TPSA) is 49.8 Å². The molecule has 50 heavy (non-hydrogen) atoms. The predicted molar refractivity (Wildman–Crippen MR) is 216 cm³/mol. The van der Waals surface area contributed by atoms with Crippen molar-refractivity contribution in [3.8, 4) is 5.75 Å². The van der Waals surface area contributed by atoms with Gasteiger partial charge in [-0.3, -0.25) is 4.79 Å². The molecule has 0 bridgehead atoms. The zero-order chi connectivity index (χ0) is 36.1. The number of nitrogens with zero attached hydrogens (tertiary/aromatic N) is 1. The van der Waals surface area contributed by atoms with Crippen LogP contribution in [-0.4, -0.2) is 43.2 Å². The molecule has 0 aliphatic heterocycles. The van der Waals surface area contributed by atoms with Crippen LogP contribution >= 0.6 is 0 Å². The largest absolute Gasteiger partial charge is 0.492 e. The van der Waals surface area contributed by atoms with E-state index in [1.54, 1.807) is 0 Å². The number of hydrogen-bond acceptors (Lipinski definition) is 3. The monoisotopic (exact) mass is 675 g/mol. The van der Waals surface area contributed by atoms with E-state index in [0.29, 0.717) is 6.61 Å². The van der Waals surface area contributed by atoms with E-state index in [-0.39, 0.29) is 6.42 Å². The van der Waals surface area contributed by atoms with Gasteiger partial charge in [0.2, 0.25) is 0 Å². The minimum Gasteiger partial charge on any atom is -0.492 e. The van der Waals surface area contributed by atoms with Crippen molar-refractivity contribution < 1.29 is 14.6 Å². The van der Waals surface area contributed by atoms with Crippen LogP contribution in [0.4, 0.5) is 0 Å². The first-order valence-corrected chi connectivity index (χ1v) is 18.5. The predicted octanol–water partition coefficient (Wildman–Crippen LogP) is 12.2. The van der Waals surface area contributed by atoms with Crippen molar-refractivity contribution in [2.75, 3.05) is 27.2 Å². The number of rotatable bonds is 22. The van der Waals surface area contributed by atoms with Crippen LogP contribution < -0.4 is 4.74 Å².